The summed E-state index contributed by atoms with van der Waals surface area (Å²) in [5.74, 6) is 0.391. The van der Waals surface area contributed by atoms with E-state index in [1.807, 2.05) is 13.8 Å². The summed E-state index contributed by atoms with van der Waals surface area (Å²) in [4.78, 5) is 3.88. The van der Waals surface area contributed by atoms with Gasteiger partial charge < -0.3 is 5.32 Å². The maximum Gasteiger partial charge on any atom is 0.417 e. The highest BCUT2D eigenvalue weighted by atomic mass is 19.4. The van der Waals surface area contributed by atoms with Crippen LogP contribution in [0.2, 0.25) is 0 Å². The van der Waals surface area contributed by atoms with E-state index in [2.05, 4.69) is 15.4 Å². The molecule has 0 aliphatic rings. The highest BCUT2D eigenvalue weighted by molar-refractivity contribution is 5.31. The van der Waals surface area contributed by atoms with E-state index in [1.165, 1.54) is 6.07 Å². The minimum atomic E-state index is -4.38. The fraction of sp³-hybridized carbons (Fsp3) is 0.429. The summed E-state index contributed by atoms with van der Waals surface area (Å²) in [5, 5.41) is 7.45. The molecule has 21 heavy (non-hydrogen) atoms. The number of alkyl halides is 3. The fourth-order valence-electron chi connectivity index (χ4n) is 2.07. The lowest BCUT2D eigenvalue weighted by Crippen LogP contribution is -2.13. The third-order valence-corrected chi connectivity index (χ3v) is 3.15. The van der Waals surface area contributed by atoms with Crippen molar-refractivity contribution in [3.8, 4) is 5.82 Å². The highest BCUT2D eigenvalue weighted by Gasteiger charge is 2.30. The molecule has 4 nitrogen and oxygen atoms in total. The van der Waals surface area contributed by atoms with Crippen LogP contribution in [0.1, 0.15) is 30.7 Å². The molecule has 0 bridgehead atoms. The Morgan fingerprint density at radius 1 is 1.19 bits per heavy atom. The number of nitrogens with zero attached hydrogens (tertiary/aromatic N) is 3. The van der Waals surface area contributed by atoms with Crippen molar-refractivity contribution in [3.05, 3.63) is 41.3 Å². The van der Waals surface area contributed by atoms with E-state index in [0.717, 1.165) is 36.5 Å². The lowest BCUT2D eigenvalue weighted by atomic mass is 10.2. The van der Waals surface area contributed by atoms with E-state index in [4.69, 9.17) is 0 Å². The van der Waals surface area contributed by atoms with Gasteiger partial charge in [-0.15, -0.1) is 0 Å². The Morgan fingerprint density at radius 3 is 2.48 bits per heavy atom. The summed E-state index contributed by atoms with van der Waals surface area (Å²) in [6.07, 6.45) is -1.09. The molecule has 7 heteroatoms. The number of rotatable bonds is 5. The van der Waals surface area contributed by atoms with Crippen LogP contribution in [0, 0.1) is 0 Å². The van der Waals surface area contributed by atoms with Crippen LogP contribution in [0.3, 0.4) is 0 Å². The second-order valence-corrected chi connectivity index (χ2v) is 4.57. The van der Waals surface area contributed by atoms with Gasteiger partial charge in [-0.3, -0.25) is 0 Å². The van der Waals surface area contributed by atoms with Crippen LogP contribution in [0.15, 0.2) is 24.5 Å². The Balaban J connectivity index is 2.31. The summed E-state index contributed by atoms with van der Waals surface area (Å²) in [6, 6.07) is 2.36. The van der Waals surface area contributed by atoms with Crippen molar-refractivity contribution in [2.24, 2.45) is 0 Å². The Kier molecular flexibility index (Phi) is 4.62. The van der Waals surface area contributed by atoms with Crippen molar-refractivity contribution in [2.75, 3.05) is 6.54 Å². The molecule has 0 aliphatic carbocycles. The van der Waals surface area contributed by atoms with E-state index in [1.54, 1.807) is 10.9 Å². The minimum Gasteiger partial charge on any atom is -0.313 e. The standard InChI is InChI=1S/C14H17F3N4/c1-3-12-10(7-18-4-2)8-20-21(12)13-6-5-11(9-19-13)14(15,16)17/h5-6,8-9,18H,3-4,7H2,1-2H3. The van der Waals surface area contributed by atoms with Gasteiger partial charge in [0.25, 0.3) is 0 Å². The first-order valence-corrected chi connectivity index (χ1v) is 6.77. The smallest absolute Gasteiger partial charge is 0.313 e. The molecule has 0 aromatic carbocycles. The SMILES string of the molecule is CCNCc1cnn(-c2ccc(C(F)(F)F)cn2)c1CC. The Bertz CT molecular complexity index is 587. The molecule has 0 radical (unpaired) electrons. The van der Waals surface area contributed by atoms with Gasteiger partial charge in [-0.25, -0.2) is 9.67 Å². The summed E-state index contributed by atoms with van der Waals surface area (Å²) in [5.41, 5.74) is 1.22. The third kappa shape index (κ3) is 3.41. The maximum absolute atomic E-state index is 12.5. The molecule has 1 N–H and O–H groups in total. The van der Waals surface area contributed by atoms with Crippen molar-refractivity contribution < 1.29 is 13.2 Å². The molecular formula is C14H17F3N4. The van der Waals surface area contributed by atoms with Gasteiger partial charge in [0.05, 0.1) is 17.5 Å². The first-order valence-electron chi connectivity index (χ1n) is 6.77. The molecule has 2 aromatic heterocycles. The predicted octanol–water partition coefficient (Wildman–Crippen LogP) is 2.96. The molecule has 0 atom stereocenters. The van der Waals surface area contributed by atoms with E-state index >= 15 is 0 Å². The van der Waals surface area contributed by atoms with Crippen LogP contribution in [0.5, 0.6) is 0 Å². The number of aromatic nitrogens is 3. The van der Waals surface area contributed by atoms with Gasteiger partial charge in [-0.05, 0) is 25.1 Å². The highest BCUT2D eigenvalue weighted by Crippen LogP contribution is 2.28. The van der Waals surface area contributed by atoms with Gasteiger partial charge in [0.15, 0.2) is 5.82 Å². The van der Waals surface area contributed by atoms with E-state index in [0.29, 0.717) is 12.4 Å². The van der Waals surface area contributed by atoms with Crippen molar-refractivity contribution in [2.45, 2.75) is 33.0 Å². The quantitative estimate of drug-likeness (QED) is 0.923. The second-order valence-electron chi connectivity index (χ2n) is 4.57. The topological polar surface area (TPSA) is 42.7 Å². The van der Waals surface area contributed by atoms with Gasteiger partial charge in [0, 0.05) is 18.3 Å². The molecule has 2 aromatic rings. The minimum absolute atomic E-state index is 0.391. The van der Waals surface area contributed by atoms with Crippen LogP contribution >= 0.6 is 0 Å². The largest absolute Gasteiger partial charge is 0.417 e. The molecule has 0 saturated carbocycles. The molecule has 0 saturated heterocycles. The molecule has 2 rings (SSSR count). The summed E-state index contributed by atoms with van der Waals surface area (Å²) < 4.78 is 39.2. The van der Waals surface area contributed by atoms with E-state index < -0.39 is 11.7 Å². The average molecular weight is 298 g/mol. The first kappa shape index (κ1) is 15.5. The lowest BCUT2D eigenvalue weighted by Gasteiger charge is -2.09. The summed E-state index contributed by atoms with van der Waals surface area (Å²) >= 11 is 0. The van der Waals surface area contributed by atoms with Crippen LogP contribution in [-0.2, 0) is 19.1 Å². The normalized spacial score (nSPS) is 11.9. The zero-order chi connectivity index (χ0) is 15.5. The molecule has 0 unspecified atom stereocenters. The zero-order valence-electron chi connectivity index (χ0n) is 11.9. The van der Waals surface area contributed by atoms with Gasteiger partial charge in [-0.1, -0.05) is 13.8 Å². The van der Waals surface area contributed by atoms with Crippen molar-refractivity contribution in [1.82, 2.24) is 20.1 Å². The summed E-state index contributed by atoms with van der Waals surface area (Å²) in [6.45, 7) is 5.51. The third-order valence-electron chi connectivity index (χ3n) is 3.15. The molecule has 0 spiro atoms. The lowest BCUT2D eigenvalue weighted by molar-refractivity contribution is -0.137. The maximum atomic E-state index is 12.5. The van der Waals surface area contributed by atoms with Crippen molar-refractivity contribution in [1.29, 1.82) is 0 Å². The molecule has 0 fully saturated rings. The molecule has 0 aliphatic heterocycles. The van der Waals surface area contributed by atoms with Gasteiger partial charge in [-0.2, -0.15) is 18.3 Å². The number of nitrogens with one attached hydrogen (secondary N) is 1. The Morgan fingerprint density at radius 2 is 1.95 bits per heavy atom. The van der Waals surface area contributed by atoms with Crippen molar-refractivity contribution in [3.63, 3.8) is 0 Å². The second kappa shape index (κ2) is 6.26. The Labute approximate surface area is 121 Å². The van der Waals surface area contributed by atoms with E-state index in [9.17, 15) is 13.2 Å². The number of pyridine rings is 1. The average Bonchev–Trinajstić information content (AvgIpc) is 2.87. The molecular weight excluding hydrogens is 281 g/mol. The number of halogens is 3. The van der Waals surface area contributed by atoms with E-state index in [-0.39, 0.29) is 0 Å². The van der Waals surface area contributed by atoms with Gasteiger partial charge in [0.2, 0.25) is 0 Å². The van der Waals surface area contributed by atoms with Crippen LogP contribution < -0.4 is 5.32 Å². The molecule has 114 valence electrons. The first-order chi connectivity index (χ1) is 9.97. The monoisotopic (exact) mass is 298 g/mol. The van der Waals surface area contributed by atoms with Crippen molar-refractivity contribution >= 4 is 0 Å². The zero-order valence-corrected chi connectivity index (χ0v) is 11.9. The molecule has 2 heterocycles. The van der Waals surface area contributed by atoms with Crippen LogP contribution in [0.25, 0.3) is 5.82 Å². The van der Waals surface area contributed by atoms with Crippen LogP contribution in [0.4, 0.5) is 13.2 Å². The summed E-state index contributed by atoms with van der Waals surface area (Å²) in [7, 11) is 0. The number of hydrogen-bond acceptors (Lipinski definition) is 3. The molecule has 0 amide bonds. The fourth-order valence-corrected chi connectivity index (χ4v) is 2.07. The van der Waals surface area contributed by atoms with Crippen LogP contribution in [-0.4, -0.2) is 21.3 Å². The number of hydrogen-bond donors (Lipinski definition) is 1. The Hall–Kier alpha value is -1.89. The van der Waals surface area contributed by atoms with Gasteiger partial charge >= 0.3 is 6.18 Å². The van der Waals surface area contributed by atoms with Gasteiger partial charge in [0.1, 0.15) is 0 Å². The predicted molar refractivity (Wildman–Crippen MR) is 73.1 cm³/mol.